The highest BCUT2D eigenvalue weighted by molar-refractivity contribution is 9.10. The predicted molar refractivity (Wildman–Crippen MR) is 73.5 cm³/mol. The molecule has 3 nitrogen and oxygen atoms in total. The van der Waals surface area contributed by atoms with Gasteiger partial charge < -0.3 is 10.7 Å². The highest BCUT2D eigenvalue weighted by Gasteiger charge is 2.22. The second-order valence-electron chi connectivity index (χ2n) is 4.54. The maximum Gasteiger partial charge on any atom is 0.133 e. The molecule has 1 aromatic carbocycles. The first-order valence-electron chi connectivity index (χ1n) is 5.74. The molecule has 2 rings (SSSR count). The molecule has 0 radical (unpaired) electrons. The van der Waals surface area contributed by atoms with Crippen molar-refractivity contribution in [2.24, 2.45) is 5.73 Å². The van der Waals surface area contributed by atoms with Crippen LogP contribution in [0.25, 0.3) is 11.3 Å². The number of H-pyrrole nitrogens is 1. The zero-order valence-electron chi connectivity index (χ0n) is 10.3. The minimum absolute atomic E-state index is 0.296. The van der Waals surface area contributed by atoms with Gasteiger partial charge in [0.15, 0.2) is 0 Å². The van der Waals surface area contributed by atoms with E-state index in [1.54, 1.807) is 18.3 Å². The van der Waals surface area contributed by atoms with E-state index in [1.807, 2.05) is 13.8 Å². The van der Waals surface area contributed by atoms with E-state index in [9.17, 15) is 4.39 Å². The van der Waals surface area contributed by atoms with Crippen molar-refractivity contribution >= 4 is 15.9 Å². The number of nitrogens with zero attached hydrogens (tertiary/aromatic N) is 1. The maximum atomic E-state index is 13.8. The molecule has 1 unspecified atom stereocenters. The summed E-state index contributed by atoms with van der Waals surface area (Å²) in [7, 11) is 0. The van der Waals surface area contributed by atoms with Gasteiger partial charge >= 0.3 is 0 Å². The summed E-state index contributed by atoms with van der Waals surface area (Å²) in [5, 5.41) is 0. The molecule has 0 aliphatic heterocycles. The highest BCUT2D eigenvalue weighted by Crippen LogP contribution is 2.26. The van der Waals surface area contributed by atoms with Crippen molar-refractivity contribution < 1.29 is 4.39 Å². The van der Waals surface area contributed by atoms with Crippen LogP contribution in [0.4, 0.5) is 4.39 Å². The number of rotatable bonds is 3. The van der Waals surface area contributed by atoms with Crippen LogP contribution in [-0.4, -0.2) is 9.97 Å². The summed E-state index contributed by atoms with van der Waals surface area (Å²) in [5.74, 6) is 0.372. The van der Waals surface area contributed by atoms with Crippen LogP contribution in [-0.2, 0) is 5.54 Å². The van der Waals surface area contributed by atoms with E-state index in [4.69, 9.17) is 5.73 Å². The lowest BCUT2D eigenvalue weighted by Crippen LogP contribution is -2.33. The van der Waals surface area contributed by atoms with Gasteiger partial charge in [0.25, 0.3) is 0 Å². The molecule has 1 atom stereocenters. The molecule has 3 N–H and O–H groups in total. The number of aromatic amines is 1. The standard InChI is InChI=1S/C13H15BrFN3/c1-3-13(2,16)12-17-7-11(18-12)9-5-4-8(14)6-10(9)15/h4-7H,3,16H2,1-2H3,(H,17,18). The maximum absolute atomic E-state index is 13.8. The number of nitrogens with two attached hydrogens (primary N) is 1. The fraction of sp³-hybridized carbons (Fsp3) is 0.308. The molecular formula is C13H15BrFN3. The molecule has 1 aromatic heterocycles. The van der Waals surface area contributed by atoms with Crippen molar-refractivity contribution in [2.75, 3.05) is 0 Å². The van der Waals surface area contributed by atoms with Crippen LogP contribution in [0.5, 0.6) is 0 Å². The predicted octanol–water partition coefficient (Wildman–Crippen LogP) is 3.56. The van der Waals surface area contributed by atoms with Gasteiger partial charge in [0.1, 0.15) is 11.6 Å². The number of aromatic nitrogens is 2. The minimum atomic E-state index is -0.524. The first-order chi connectivity index (χ1) is 8.44. The van der Waals surface area contributed by atoms with Crippen LogP contribution in [0, 0.1) is 5.82 Å². The summed E-state index contributed by atoms with van der Waals surface area (Å²) < 4.78 is 14.5. The average molecular weight is 312 g/mol. The molecule has 0 fully saturated rings. The molecular weight excluding hydrogens is 297 g/mol. The van der Waals surface area contributed by atoms with Crippen molar-refractivity contribution in [1.82, 2.24) is 9.97 Å². The first kappa shape index (κ1) is 13.2. The van der Waals surface area contributed by atoms with E-state index < -0.39 is 5.54 Å². The Hall–Kier alpha value is -1.20. The second kappa shape index (κ2) is 4.82. The Morgan fingerprint density at radius 2 is 2.22 bits per heavy atom. The van der Waals surface area contributed by atoms with Gasteiger partial charge in [-0.1, -0.05) is 22.9 Å². The Balaban J connectivity index is 2.41. The Morgan fingerprint density at radius 3 is 2.83 bits per heavy atom. The fourth-order valence-corrected chi connectivity index (χ4v) is 1.96. The third-order valence-corrected chi connectivity index (χ3v) is 3.57. The third kappa shape index (κ3) is 2.47. The summed E-state index contributed by atoms with van der Waals surface area (Å²) in [6, 6.07) is 4.92. The van der Waals surface area contributed by atoms with Crippen LogP contribution < -0.4 is 5.73 Å². The van der Waals surface area contributed by atoms with Crippen LogP contribution in [0.15, 0.2) is 28.9 Å². The Bertz CT molecular complexity index is 563. The summed E-state index contributed by atoms with van der Waals surface area (Å²) in [4.78, 5) is 7.33. The number of hydrogen-bond donors (Lipinski definition) is 2. The summed E-state index contributed by atoms with van der Waals surface area (Å²) in [6.45, 7) is 3.88. The molecule has 0 spiro atoms. The van der Waals surface area contributed by atoms with Gasteiger partial charge in [-0.2, -0.15) is 0 Å². The van der Waals surface area contributed by atoms with Crippen LogP contribution in [0.2, 0.25) is 0 Å². The van der Waals surface area contributed by atoms with Crippen molar-refractivity contribution in [2.45, 2.75) is 25.8 Å². The largest absolute Gasteiger partial charge is 0.340 e. The van der Waals surface area contributed by atoms with Crippen molar-refractivity contribution in [3.63, 3.8) is 0 Å². The highest BCUT2D eigenvalue weighted by atomic mass is 79.9. The van der Waals surface area contributed by atoms with E-state index in [1.165, 1.54) is 6.07 Å². The smallest absolute Gasteiger partial charge is 0.133 e. The molecule has 0 saturated carbocycles. The Labute approximate surface area is 114 Å². The first-order valence-corrected chi connectivity index (χ1v) is 6.53. The van der Waals surface area contributed by atoms with Gasteiger partial charge in [-0.05, 0) is 31.5 Å². The normalized spacial score (nSPS) is 14.5. The molecule has 0 aliphatic carbocycles. The van der Waals surface area contributed by atoms with Gasteiger partial charge in [0.2, 0.25) is 0 Å². The van der Waals surface area contributed by atoms with E-state index >= 15 is 0 Å². The minimum Gasteiger partial charge on any atom is -0.340 e. The lowest BCUT2D eigenvalue weighted by molar-refractivity contribution is 0.450. The number of imidazole rings is 1. The van der Waals surface area contributed by atoms with Gasteiger partial charge in [-0.25, -0.2) is 9.37 Å². The monoisotopic (exact) mass is 311 g/mol. The van der Waals surface area contributed by atoms with E-state index in [0.29, 0.717) is 21.6 Å². The van der Waals surface area contributed by atoms with E-state index in [0.717, 1.165) is 6.42 Å². The number of benzene rings is 1. The van der Waals surface area contributed by atoms with Crippen LogP contribution in [0.1, 0.15) is 26.1 Å². The van der Waals surface area contributed by atoms with Crippen LogP contribution in [0.3, 0.4) is 0 Å². The van der Waals surface area contributed by atoms with E-state index in [2.05, 4.69) is 25.9 Å². The lowest BCUT2D eigenvalue weighted by atomic mass is 10.00. The SMILES string of the molecule is CCC(C)(N)c1ncc(-c2ccc(Br)cc2F)[nH]1. The molecule has 0 bridgehead atoms. The molecule has 18 heavy (non-hydrogen) atoms. The molecule has 1 heterocycles. The molecule has 0 amide bonds. The number of nitrogens with one attached hydrogen (secondary N) is 1. The number of hydrogen-bond acceptors (Lipinski definition) is 2. The topological polar surface area (TPSA) is 54.7 Å². The zero-order chi connectivity index (χ0) is 13.3. The summed E-state index contributed by atoms with van der Waals surface area (Å²) in [6.07, 6.45) is 2.37. The fourth-order valence-electron chi connectivity index (χ4n) is 1.62. The third-order valence-electron chi connectivity index (χ3n) is 3.07. The molecule has 5 heteroatoms. The summed E-state index contributed by atoms with van der Waals surface area (Å²) >= 11 is 3.23. The molecule has 2 aromatic rings. The van der Waals surface area contributed by atoms with Crippen molar-refractivity contribution in [3.05, 3.63) is 40.5 Å². The van der Waals surface area contributed by atoms with Gasteiger partial charge in [0.05, 0.1) is 17.4 Å². The molecule has 0 aliphatic rings. The Kier molecular flexibility index (Phi) is 3.54. The van der Waals surface area contributed by atoms with Gasteiger partial charge in [-0.3, -0.25) is 0 Å². The zero-order valence-corrected chi connectivity index (χ0v) is 11.9. The van der Waals surface area contributed by atoms with Gasteiger partial charge in [0, 0.05) is 10.0 Å². The quantitative estimate of drug-likeness (QED) is 0.910. The lowest BCUT2D eigenvalue weighted by Gasteiger charge is -2.19. The van der Waals surface area contributed by atoms with Crippen LogP contribution >= 0.6 is 15.9 Å². The van der Waals surface area contributed by atoms with E-state index in [-0.39, 0.29) is 5.82 Å². The molecule has 0 saturated heterocycles. The second-order valence-corrected chi connectivity index (χ2v) is 5.46. The van der Waals surface area contributed by atoms with Crippen molar-refractivity contribution in [1.29, 1.82) is 0 Å². The number of halogens is 2. The summed E-state index contributed by atoms with van der Waals surface area (Å²) in [5.41, 5.74) is 6.70. The average Bonchev–Trinajstić information content (AvgIpc) is 2.79. The molecule has 96 valence electrons. The van der Waals surface area contributed by atoms with Crippen molar-refractivity contribution in [3.8, 4) is 11.3 Å². The Morgan fingerprint density at radius 1 is 1.50 bits per heavy atom. The van der Waals surface area contributed by atoms with Gasteiger partial charge in [-0.15, -0.1) is 0 Å².